The van der Waals surface area contributed by atoms with Gasteiger partial charge in [0.25, 0.3) is 0 Å². The number of nitrogens with zero attached hydrogens (tertiary/aromatic N) is 2. The van der Waals surface area contributed by atoms with E-state index in [2.05, 4.69) is 45.8 Å². The molecule has 7 rings (SSSR count). The van der Waals surface area contributed by atoms with Gasteiger partial charge in [-0.15, -0.1) is 11.3 Å². The number of rotatable bonds is 9. The first-order valence-corrected chi connectivity index (χ1v) is 22.0. The monoisotopic (exact) mass is 802 g/mol. The van der Waals surface area contributed by atoms with Crippen molar-refractivity contribution < 1.29 is 47.5 Å². The summed E-state index contributed by atoms with van der Waals surface area (Å²) in [5.41, 5.74) is 1.85. The quantitative estimate of drug-likeness (QED) is 0.259. The standard InChI is InChI=1S/C43H66N2O10S/c1-11-25-13-12-14-33(55-35-16-15-32(45(6)7)22(3)51-35)21(2)38(47)31-19-28-27-17-26(54-43-41(50-10)40(49-9)39(48-8)23(4)52-43)18-30(27)37-42(56-24(5)44-37)36(28)29(31)20-34(46)53-25/h19,21-23,25-30,32-33,35-36,39-41,43H,11-18,20H2,1-10H3/t21-,22-,23+,25+,26+,27+,28+,29-,30-,32+,33+,35+,36-,39+,40-,41-,43+/m1/s1. The predicted molar refractivity (Wildman–Crippen MR) is 210 cm³/mol. The van der Waals surface area contributed by atoms with Crippen LogP contribution in [0.1, 0.15) is 113 Å². The Bertz CT molecular complexity index is 1570. The van der Waals surface area contributed by atoms with Crippen LogP contribution in [0.25, 0.3) is 0 Å². The number of carbonyl (C=O) groups is 2. The van der Waals surface area contributed by atoms with E-state index in [1.54, 1.807) is 32.7 Å². The van der Waals surface area contributed by atoms with Gasteiger partial charge in [0, 0.05) is 55.9 Å². The molecule has 0 bridgehead atoms. The van der Waals surface area contributed by atoms with Gasteiger partial charge in [0.1, 0.15) is 24.4 Å². The van der Waals surface area contributed by atoms with Gasteiger partial charge in [0.15, 0.2) is 18.4 Å². The first kappa shape index (κ1) is 42.3. The molecule has 56 heavy (non-hydrogen) atoms. The third-order valence-electron chi connectivity index (χ3n) is 14.0. The second-order valence-corrected chi connectivity index (χ2v) is 18.7. The van der Waals surface area contributed by atoms with Crippen molar-refractivity contribution in [2.45, 2.75) is 172 Å². The molecule has 6 aliphatic rings. The molecule has 0 radical (unpaired) electrons. The van der Waals surface area contributed by atoms with E-state index in [1.165, 1.54) is 4.88 Å². The fraction of sp³-hybridized carbons (Fsp3) is 0.837. The zero-order chi connectivity index (χ0) is 40.0. The van der Waals surface area contributed by atoms with Crippen LogP contribution < -0.4 is 0 Å². The molecule has 0 amide bonds. The lowest BCUT2D eigenvalue weighted by Gasteiger charge is -2.44. The number of allylic oxidation sites excluding steroid dienone is 2. The molecule has 1 aromatic rings. The minimum atomic E-state index is -0.633. The van der Waals surface area contributed by atoms with Crippen LogP contribution in [0, 0.1) is 30.6 Å². The van der Waals surface area contributed by atoms with Crippen molar-refractivity contribution in [3.05, 3.63) is 27.2 Å². The van der Waals surface area contributed by atoms with Crippen LogP contribution >= 0.6 is 11.3 Å². The number of aryl methyl sites for hydroxylation is 1. The highest BCUT2D eigenvalue weighted by Crippen LogP contribution is 2.62. The zero-order valence-corrected chi connectivity index (χ0v) is 36.0. The number of cyclic esters (lactones) is 1. The Kier molecular flexibility index (Phi) is 13.5. The Morgan fingerprint density at radius 1 is 0.893 bits per heavy atom. The predicted octanol–water partition coefficient (Wildman–Crippen LogP) is 6.33. The Hall–Kier alpha value is -1.81. The molecule has 0 aromatic carbocycles. The van der Waals surface area contributed by atoms with Gasteiger partial charge in [-0.2, -0.15) is 0 Å². The molecule has 314 valence electrons. The second-order valence-electron chi connectivity index (χ2n) is 17.5. The summed E-state index contributed by atoms with van der Waals surface area (Å²) in [4.78, 5) is 37.4. The molecule has 3 aliphatic carbocycles. The molecule has 4 heterocycles. The van der Waals surface area contributed by atoms with Crippen molar-refractivity contribution in [2.75, 3.05) is 35.4 Å². The highest BCUT2D eigenvalue weighted by Gasteiger charge is 2.57. The Morgan fingerprint density at radius 2 is 1.64 bits per heavy atom. The van der Waals surface area contributed by atoms with E-state index in [4.69, 9.17) is 42.9 Å². The number of carbonyl (C=O) groups excluding carboxylic acids is 2. The van der Waals surface area contributed by atoms with Gasteiger partial charge in [-0.05, 0) is 104 Å². The van der Waals surface area contributed by atoms with Crippen molar-refractivity contribution >= 4 is 23.1 Å². The molecule has 13 heteroatoms. The van der Waals surface area contributed by atoms with Gasteiger partial charge in [0.2, 0.25) is 0 Å². The van der Waals surface area contributed by atoms with E-state index in [0.29, 0.717) is 12.5 Å². The molecule has 0 unspecified atom stereocenters. The van der Waals surface area contributed by atoms with Crippen LogP contribution in [0.3, 0.4) is 0 Å². The van der Waals surface area contributed by atoms with Crippen molar-refractivity contribution in [1.29, 1.82) is 0 Å². The average molecular weight is 803 g/mol. The zero-order valence-electron chi connectivity index (χ0n) is 35.1. The first-order valence-electron chi connectivity index (χ1n) is 21.2. The van der Waals surface area contributed by atoms with Gasteiger partial charge in [-0.1, -0.05) is 19.9 Å². The summed E-state index contributed by atoms with van der Waals surface area (Å²) < 4.78 is 50.1. The van der Waals surface area contributed by atoms with E-state index in [0.717, 1.165) is 61.2 Å². The van der Waals surface area contributed by atoms with Gasteiger partial charge in [0.05, 0.1) is 41.5 Å². The normalized spacial score (nSPS) is 43.2. The summed E-state index contributed by atoms with van der Waals surface area (Å²) in [5.74, 6) is -0.515. The fourth-order valence-corrected chi connectivity index (χ4v) is 12.4. The lowest BCUT2D eigenvalue weighted by Crippen LogP contribution is -2.59. The third kappa shape index (κ3) is 8.19. The molecule has 12 nitrogen and oxygen atoms in total. The summed E-state index contributed by atoms with van der Waals surface area (Å²) >= 11 is 1.71. The maximum atomic E-state index is 15.0. The maximum absolute atomic E-state index is 15.0. The number of thiazole rings is 1. The van der Waals surface area contributed by atoms with E-state index < -0.39 is 18.3 Å². The fourth-order valence-electron chi connectivity index (χ4n) is 11.2. The number of hydrogen-bond acceptors (Lipinski definition) is 13. The highest BCUT2D eigenvalue weighted by atomic mass is 32.1. The molecular weight excluding hydrogens is 737 g/mol. The third-order valence-corrected chi connectivity index (χ3v) is 15.1. The molecule has 4 fully saturated rings. The molecule has 1 aromatic heterocycles. The van der Waals surface area contributed by atoms with Crippen LogP contribution in [0.4, 0.5) is 0 Å². The minimum Gasteiger partial charge on any atom is -0.462 e. The van der Waals surface area contributed by atoms with Gasteiger partial charge in [-0.3, -0.25) is 9.59 Å². The molecule has 0 spiro atoms. The number of ether oxygens (including phenoxy) is 8. The topological polar surface area (TPSA) is 124 Å². The summed E-state index contributed by atoms with van der Waals surface area (Å²) in [6, 6.07) is 0.327. The number of fused-ring (bicyclic) bond motifs is 8. The number of Topliss-reactive ketones (excluding diaryl/α,β-unsaturated/α-hetero) is 1. The van der Waals surface area contributed by atoms with Gasteiger partial charge >= 0.3 is 5.97 Å². The average Bonchev–Trinajstić information content (AvgIpc) is 3.87. The molecule has 17 atom stereocenters. The Morgan fingerprint density at radius 3 is 2.32 bits per heavy atom. The SMILES string of the molecule is CC[C@H]1CCC[C@H](O[C@H]2CC[C@H](N(C)C)[C@@H](C)O2)[C@@H](C)C(=O)C2=C[C@H]3[C@@H]4C[C@H](O[C@@H]5O[C@@H](C)[C@H](OC)[C@@H](OC)[C@H]5OC)C[C@H]4c4nc(C)sc4[C@H]3[C@@H]2CC(=O)O1. The highest BCUT2D eigenvalue weighted by molar-refractivity contribution is 7.11. The van der Waals surface area contributed by atoms with Crippen molar-refractivity contribution in [2.24, 2.45) is 23.7 Å². The molecule has 1 saturated carbocycles. The molecular formula is C43H66N2O10S. The number of methoxy groups -OCH3 is 3. The number of likely N-dealkylation sites (N-methyl/N-ethyl adjacent to an activating group) is 1. The van der Waals surface area contributed by atoms with Crippen molar-refractivity contribution in [1.82, 2.24) is 9.88 Å². The molecule has 3 saturated heterocycles. The van der Waals surface area contributed by atoms with E-state index >= 15 is 0 Å². The van der Waals surface area contributed by atoms with Crippen LogP contribution in [0.5, 0.6) is 0 Å². The lowest BCUT2D eigenvalue weighted by atomic mass is 9.67. The first-order chi connectivity index (χ1) is 26.9. The van der Waals surface area contributed by atoms with Gasteiger partial charge in [-0.25, -0.2) is 4.98 Å². The number of hydrogen-bond donors (Lipinski definition) is 0. The van der Waals surface area contributed by atoms with Gasteiger partial charge < -0.3 is 42.8 Å². The van der Waals surface area contributed by atoms with Crippen LogP contribution in [0.2, 0.25) is 0 Å². The second kappa shape index (κ2) is 17.8. The molecule has 0 N–H and O–H groups in total. The van der Waals surface area contributed by atoms with Crippen LogP contribution in [-0.4, -0.2) is 125 Å². The summed E-state index contributed by atoms with van der Waals surface area (Å²) in [6.45, 7) is 10.2. The Balaban J connectivity index is 1.18. The maximum Gasteiger partial charge on any atom is 0.306 e. The van der Waals surface area contributed by atoms with Crippen molar-refractivity contribution in [3.63, 3.8) is 0 Å². The van der Waals surface area contributed by atoms with Crippen molar-refractivity contribution in [3.8, 4) is 0 Å². The Labute approximate surface area is 337 Å². The largest absolute Gasteiger partial charge is 0.462 e. The number of ketones is 1. The summed E-state index contributed by atoms with van der Waals surface area (Å²) in [7, 11) is 9.16. The van der Waals surface area contributed by atoms with E-state index in [-0.39, 0.29) is 96.8 Å². The summed E-state index contributed by atoms with van der Waals surface area (Å²) in [6.07, 6.45) is 5.73. The number of esters is 1. The van der Waals surface area contributed by atoms with E-state index in [1.807, 2.05) is 13.8 Å². The smallest absolute Gasteiger partial charge is 0.306 e. The summed E-state index contributed by atoms with van der Waals surface area (Å²) in [5, 5.41) is 0.998. The lowest BCUT2D eigenvalue weighted by molar-refractivity contribution is -0.314. The molecule has 3 aliphatic heterocycles. The number of aromatic nitrogens is 1. The minimum absolute atomic E-state index is 0.0243. The van der Waals surface area contributed by atoms with E-state index in [9.17, 15) is 9.59 Å². The van der Waals surface area contributed by atoms with Crippen LogP contribution in [0.15, 0.2) is 11.6 Å². The van der Waals surface area contributed by atoms with Crippen LogP contribution in [-0.2, 0) is 47.5 Å².